The number of hydrogen-bond acceptors (Lipinski definition) is 3. The summed E-state index contributed by atoms with van der Waals surface area (Å²) in [5.41, 5.74) is -0.172. The van der Waals surface area contributed by atoms with Crippen LogP contribution in [0.2, 0.25) is 5.02 Å². The third kappa shape index (κ3) is 3.33. The van der Waals surface area contributed by atoms with Crippen LogP contribution in [0.25, 0.3) is 0 Å². The highest BCUT2D eigenvalue weighted by atomic mass is 35.5. The molecule has 2 N–H and O–H groups in total. The fraction of sp³-hybridized carbons (Fsp3) is 0.444. The minimum absolute atomic E-state index is 0. The minimum atomic E-state index is -0.680. The summed E-state index contributed by atoms with van der Waals surface area (Å²) in [5.74, 6) is -0.412. The van der Waals surface area contributed by atoms with E-state index in [2.05, 4.69) is 15.7 Å². The maximum atomic E-state index is 14.1. The molecule has 140 valence electrons. The van der Waals surface area contributed by atoms with Crippen molar-refractivity contribution in [1.29, 1.82) is 0 Å². The van der Waals surface area contributed by atoms with E-state index in [4.69, 9.17) is 11.6 Å². The Morgan fingerprint density at radius 1 is 1.35 bits per heavy atom. The van der Waals surface area contributed by atoms with E-state index >= 15 is 0 Å². The van der Waals surface area contributed by atoms with Crippen LogP contribution in [0, 0.1) is 5.82 Å². The van der Waals surface area contributed by atoms with Crippen LogP contribution in [0.1, 0.15) is 30.7 Å². The molecule has 1 aromatic heterocycles. The monoisotopic (exact) mass is 398 g/mol. The third-order valence-corrected chi connectivity index (χ3v) is 5.60. The average Bonchev–Trinajstić information content (AvgIpc) is 3.12. The number of carbonyl (C=O) groups is 1. The van der Waals surface area contributed by atoms with Crippen molar-refractivity contribution in [1.82, 2.24) is 20.4 Å². The van der Waals surface area contributed by atoms with E-state index in [0.717, 1.165) is 13.1 Å². The topological polar surface area (TPSA) is 59.0 Å². The van der Waals surface area contributed by atoms with Gasteiger partial charge in [0.1, 0.15) is 11.4 Å². The molecule has 1 aliphatic carbocycles. The van der Waals surface area contributed by atoms with E-state index in [1.54, 1.807) is 23.0 Å². The Balaban J connectivity index is 0.00000196. The second-order valence-corrected chi connectivity index (χ2v) is 7.20. The molecule has 2 heterocycles. The summed E-state index contributed by atoms with van der Waals surface area (Å²) in [6, 6.07) is 6.45. The van der Waals surface area contributed by atoms with Crippen LogP contribution in [0.5, 0.6) is 0 Å². The second kappa shape index (κ2) is 7.55. The second-order valence-electron chi connectivity index (χ2n) is 6.79. The predicted molar refractivity (Wildman–Crippen MR) is 100 cm³/mol. The molecule has 1 amide bonds. The molecular formula is C18H21Cl2FN4O. The first kappa shape index (κ1) is 19.1. The molecule has 1 saturated heterocycles. The molecule has 0 radical (unpaired) electrons. The lowest BCUT2D eigenvalue weighted by atomic mass is 9.87. The minimum Gasteiger partial charge on any atom is -0.351 e. The standard InChI is InChI=1S/C18H20ClFN4O.ClH/c19-13-3-1-4-14(20)16(13)12-11-15(12)23-17(25)18(5-8-21-9-6-18)24-10-2-7-22-24;/h1-4,7,10,12,15,21H,5-6,8-9,11H2,(H,23,25);1H. The van der Waals surface area contributed by atoms with Gasteiger partial charge in [0.2, 0.25) is 5.91 Å². The maximum Gasteiger partial charge on any atom is 0.248 e. The fourth-order valence-corrected chi connectivity index (χ4v) is 4.07. The van der Waals surface area contributed by atoms with Gasteiger partial charge in [-0.2, -0.15) is 5.10 Å². The molecule has 1 aliphatic heterocycles. The number of aromatic nitrogens is 2. The molecule has 26 heavy (non-hydrogen) atoms. The molecule has 4 rings (SSSR count). The molecular weight excluding hydrogens is 378 g/mol. The summed E-state index contributed by atoms with van der Waals surface area (Å²) in [6.45, 7) is 1.53. The molecule has 1 aromatic carbocycles. The molecule has 1 saturated carbocycles. The first-order chi connectivity index (χ1) is 12.1. The number of benzene rings is 1. The molecule has 0 bridgehead atoms. The number of nitrogens with zero attached hydrogens (tertiary/aromatic N) is 2. The van der Waals surface area contributed by atoms with E-state index in [9.17, 15) is 9.18 Å². The molecule has 2 aromatic rings. The molecule has 2 atom stereocenters. The Hall–Kier alpha value is -1.63. The summed E-state index contributed by atoms with van der Waals surface area (Å²) in [6.07, 6.45) is 5.59. The van der Waals surface area contributed by atoms with E-state index in [1.807, 2.05) is 12.3 Å². The Bertz CT molecular complexity index is 757. The zero-order chi connectivity index (χ0) is 17.4. The molecule has 0 spiro atoms. The number of amides is 1. The first-order valence-corrected chi connectivity index (χ1v) is 8.95. The highest BCUT2D eigenvalue weighted by molar-refractivity contribution is 6.31. The molecule has 2 fully saturated rings. The van der Waals surface area contributed by atoms with Crippen molar-refractivity contribution in [3.63, 3.8) is 0 Å². The lowest BCUT2D eigenvalue weighted by Gasteiger charge is -2.36. The van der Waals surface area contributed by atoms with Crippen LogP contribution in [-0.2, 0) is 10.3 Å². The highest BCUT2D eigenvalue weighted by Crippen LogP contribution is 2.45. The van der Waals surface area contributed by atoms with Gasteiger partial charge in [-0.3, -0.25) is 9.48 Å². The van der Waals surface area contributed by atoms with E-state index < -0.39 is 5.54 Å². The van der Waals surface area contributed by atoms with Crippen LogP contribution < -0.4 is 10.6 Å². The average molecular weight is 399 g/mol. The van der Waals surface area contributed by atoms with Crippen molar-refractivity contribution in [2.24, 2.45) is 0 Å². The van der Waals surface area contributed by atoms with Gasteiger partial charge in [0.15, 0.2) is 0 Å². The van der Waals surface area contributed by atoms with Crippen molar-refractivity contribution in [3.8, 4) is 0 Å². The van der Waals surface area contributed by atoms with Gasteiger partial charge in [-0.25, -0.2) is 4.39 Å². The van der Waals surface area contributed by atoms with Gasteiger partial charge in [-0.1, -0.05) is 17.7 Å². The van der Waals surface area contributed by atoms with Gasteiger partial charge in [-0.05, 0) is 50.6 Å². The number of carbonyl (C=O) groups excluding carboxylic acids is 1. The van der Waals surface area contributed by atoms with E-state index in [1.165, 1.54) is 6.07 Å². The lowest BCUT2D eigenvalue weighted by molar-refractivity contribution is -0.132. The van der Waals surface area contributed by atoms with Crippen molar-refractivity contribution < 1.29 is 9.18 Å². The summed E-state index contributed by atoms with van der Waals surface area (Å²) < 4.78 is 15.8. The number of nitrogens with one attached hydrogen (secondary N) is 2. The van der Waals surface area contributed by atoms with E-state index in [0.29, 0.717) is 29.8 Å². The van der Waals surface area contributed by atoms with Crippen LogP contribution in [-0.4, -0.2) is 34.8 Å². The SMILES string of the molecule is Cl.O=C(NC1CC1c1c(F)cccc1Cl)C1(n2cccn2)CCNCC1. The smallest absolute Gasteiger partial charge is 0.248 e. The molecule has 8 heteroatoms. The van der Waals surface area contributed by atoms with Crippen LogP contribution in [0.4, 0.5) is 4.39 Å². The Morgan fingerprint density at radius 2 is 2.12 bits per heavy atom. The number of rotatable bonds is 4. The van der Waals surface area contributed by atoms with Gasteiger partial charge in [0.05, 0.1) is 0 Å². The fourth-order valence-electron chi connectivity index (χ4n) is 3.76. The number of halogens is 3. The quantitative estimate of drug-likeness (QED) is 0.832. The Labute approximate surface area is 162 Å². The van der Waals surface area contributed by atoms with Crippen molar-refractivity contribution in [2.75, 3.05) is 13.1 Å². The zero-order valence-corrected chi connectivity index (χ0v) is 15.7. The molecule has 2 unspecified atom stereocenters. The lowest BCUT2D eigenvalue weighted by Crippen LogP contribution is -2.55. The normalized spacial score (nSPS) is 23.8. The van der Waals surface area contributed by atoms with Gasteiger partial charge in [0, 0.05) is 34.9 Å². The summed E-state index contributed by atoms with van der Waals surface area (Å²) >= 11 is 6.15. The highest BCUT2D eigenvalue weighted by Gasteiger charge is 2.48. The summed E-state index contributed by atoms with van der Waals surface area (Å²) in [7, 11) is 0. The number of hydrogen-bond donors (Lipinski definition) is 2. The van der Waals surface area contributed by atoms with Gasteiger partial charge in [-0.15, -0.1) is 12.4 Å². The molecule has 2 aliphatic rings. The van der Waals surface area contributed by atoms with Gasteiger partial charge in [0.25, 0.3) is 0 Å². The van der Waals surface area contributed by atoms with Crippen molar-refractivity contribution >= 4 is 29.9 Å². The van der Waals surface area contributed by atoms with Crippen molar-refractivity contribution in [3.05, 3.63) is 53.1 Å². The van der Waals surface area contributed by atoms with Gasteiger partial charge >= 0.3 is 0 Å². The Kier molecular flexibility index (Phi) is 5.55. The van der Waals surface area contributed by atoms with Crippen LogP contribution in [0.15, 0.2) is 36.7 Å². The maximum absolute atomic E-state index is 14.1. The largest absolute Gasteiger partial charge is 0.351 e. The molecule has 5 nitrogen and oxygen atoms in total. The van der Waals surface area contributed by atoms with Crippen LogP contribution >= 0.6 is 24.0 Å². The van der Waals surface area contributed by atoms with E-state index in [-0.39, 0.29) is 36.1 Å². The summed E-state index contributed by atoms with van der Waals surface area (Å²) in [5, 5.41) is 11.1. The van der Waals surface area contributed by atoms with Crippen molar-refractivity contribution in [2.45, 2.75) is 36.8 Å². The first-order valence-electron chi connectivity index (χ1n) is 8.57. The third-order valence-electron chi connectivity index (χ3n) is 5.27. The predicted octanol–water partition coefficient (Wildman–Crippen LogP) is 2.85. The van der Waals surface area contributed by atoms with Gasteiger partial charge < -0.3 is 10.6 Å². The number of piperidine rings is 1. The Morgan fingerprint density at radius 3 is 2.77 bits per heavy atom. The summed E-state index contributed by atoms with van der Waals surface area (Å²) in [4.78, 5) is 13.1. The van der Waals surface area contributed by atoms with Crippen LogP contribution in [0.3, 0.4) is 0 Å². The zero-order valence-electron chi connectivity index (χ0n) is 14.1.